The molecule has 0 saturated carbocycles. The van der Waals surface area contributed by atoms with Gasteiger partial charge in [0.15, 0.2) is 0 Å². The first-order valence-electron chi connectivity index (χ1n) is 1.32. The van der Waals surface area contributed by atoms with E-state index in [0.29, 0.717) is 0 Å². The van der Waals surface area contributed by atoms with Crippen LogP contribution in [0.2, 0.25) is 0 Å². The van der Waals surface area contributed by atoms with Gasteiger partial charge in [0.2, 0.25) is 10.0 Å². The van der Waals surface area contributed by atoms with Crippen LogP contribution < -0.4 is 5.14 Å². The first-order valence-corrected chi connectivity index (χ1v) is 3.24. The average Bonchev–Trinajstić information content (AvgIpc) is 1.31. The predicted octanol–water partition coefficient (Wildman–Crippen LogP) is -0.0151. The number of sulfonamides is 1. The van der Waals surface area contributed by atoms with Gasteiger partial charge in [-0.2, -0.15) is 0 Å². The third kappa shape index (κ3) is 2.61. The van der Waals surface area contributed by atoms with Crippen LogP contribution in [0, 0.1) is 0 Å². The molecule has 0 heterocycles. The van der Waals surface area contributed by atoms with Gasteiger partial charge in [-0.3, -0.25) is 0 Å². The van der Waals surface area contributed by atoms with Gasteiger partial charge in [0.25, 0.3) is 0 Å². The van der Waals surface area contributed by atoms with Gasteiger partial charge in [-0.25, -0.2) is 13.6 Å². The second kappa shape index (κ2) is 1.81. The van der Waals surface area contributed by atoms with Gasteiger partial charge in [-0.15, -0.1) is 0 Å². The van der Waals surface area contributed by atoms with Crippen LogP contribution in [0.5, 0.6) is 0 Å². The lowest BCUT2D eigenvalue weighted by Crippen LogP contribution is -2.10. The fourth-order valence-electron chi connectivity index (χ4n) is 0. The van der Waals surface area contributed by atoms with Gasteiger partial charge in [0, 0.05) is 0 Å². The van der Waals surface area contributed by atoms with Gasteiger partial charge in [-0.1, -0.05) is 18.2 Å². The summed E-state index contributed by atoms with van der Waals surface area (Å²) >= 11 is 4.85. The van der Waals surface area contributed by atoms with E-state index in [1.165, 1.54) is 0 Å². The Morgan fingerprint density at radius 2 is 1.86 bits per heavy atom. The van der Waals surface area contributed by atoms with Crippen molar-refractivity contribution in [1.29, 1.82) is 0 Å². The molecule has 42 valence electrons. The second-order valence-electron chi connectivity index (χ2n) is 0.900. The van der Waals surface area contributed by atoms with Crippen molar-refractivity contribution in [2.24, 2.45) is 5.14 Å². The van der Waals surface area contributed by atoms with E-state index in [1.807, 2.05) is 0 Å². The summed E-state index contributed by atoms with van der Waals surface area (Å²) in [7, 11) is -3.67. The maximum Gasteiger partial charge on any atom is 0.248 e. The minimum atomic E-state index is -3.67. The number of hydrogen-bond acceptors (Lipinski definition) is 2. The molecule has 5 heteroatoms. The van der Waals surface area contributed by atoms with Crippen LogP contribution in [0.3, 0.4) is 0 Å². The molecular weight excluding hydrogens is 138 g/mol. The summed E-state index contributed by atoms with van der Waals surface area (Å²) in [5.74, 6) is 0. The van der Waals surface area contributed by atoms with Gasteiger partial charge in [-0.05, 0) is 0 Å². The number of hydrogen-bond donors (Lipinski definition) is 1. The van der Waals surface area contributed by atoms with Crippen LogP contribution in [0.15, 0.2) is 10.9 Å². The first-order chi connectivity index (χ1) is 2.94. The van der Waals surface area contributed by atoms with Crippen LogP contribution >= 0.6 is 11.6 Å². The minimum absolute atomic E-state index is 0.535. The fourth-order valence-corrected chi connectivity index (χ4v) is 0. The van der Waals surface area contributed by atoms with Gasteiger partial charge in [0.1, 0.15) is 4.36 Å². The number of halogens is 1. The Bertz CT molecular complexity index is 170. The number of primary sulfonamides is 1. The van der Waals surface area contributed by atoms with Crippen LogP contribution in [0.1, 0.15) is 0 Å². The summed E-state index contributed by atoms with van der Waals surface area (Å²) in [5, 5.41) is 4.42. The molecule has 0 saturated heterocycles. The molecule has 0 rings (SSSR count). The minimum Gasteiger partial charge on any atom is -0.224 e. The second-order valence-corrected chi connectivity index (χ2v) is 3.16. The number of nitrogens with two attached hydrogens (primary N) is 1. The van der Waals surface area contributed by atoms with E-state index in [4.69, 9.17) is 11.6 Å². The monoisotopic (exact) mass is 141 g/mol. The fraction of sp³-hybridized carbons (Fsp3) is 0. The zero-order valence-electron chi connectivity index (χ0n) is 3.39. The van der Waals surface area contributed by atoms with Crippen LogP contribution in [0.4, 0.5) is 0 Å². The molecule has 2 N–H and O–H groups in total. The van der Waals surface area contributed by atoms with E-state index in [1.54, 1.807) is 0 Å². The molecule has 0 fully saturated rings. The molecule has 7 heavy (non-hydrogen) atoms. The Kier molecular flexibility index (Phi) is 1.80. The zero-order valence-corrected chi connectivity index (χ0v) is 4.96. The molecule has 0 aromatic heterocycles. The van der Waals surface area contributed by atoms with Crippen molar-refractivity contribution < 1.29 is 8.42 Å². The van der Waals surface area contributed by atoms with Crippen LogP contribution in [-0.2, 0) is 10.0 Å². The first kappa shape index (κ1) is 6.94. The lowest BCUT2D eigenvalue weighted by molar-refractivity contribution is 0.605. The zero-order chi connectivity index (χ0) is 6.08. The average molecular weight is 142 g/mol. The Morgan fingerprint density at radius 1 is 1.71 bits per heavy atom. The molecule has 0 aromatic rings. The molecule has 0 aromatic carbocycles. The summed E-state index contributed by atoms with van der Waals surface area (Å²) in [4.78, 5) is 0. The molecule has 0 radical (unpaired) electrons. The highest BCUT2D eigenvalue weighted by Gasteiger charge is 2.02. The van der Waals surface area contributed by atoms with Crippen molar-refractivity contribution in [3.05, 3.63) is 10.9 Å². The molecule has 0 spiro atoms. The third-order valence-electron chi connectivity index (χ3n) is 0.309. The lowest BCUT2D eigenvalue weighted by Gasteiger charge is -1.85. The van der Waals surface area contributed by atoms with Gasteiger partial charge >= 0.3 is 0 Å². The van der Waals surface area contributed by atoms with Crippen molar-refractivity contribution in [2.45, 2.75) is 0 Å². The van der Waals surface area contributed by atoms with E-state index in [9.17, 15) is 8.42 Å². The van der Waals surface area contributed by atoms with Crippen molar-refractivity contribution in [3.8, 4) is 0 Å². The van der Waals surface area contributed by atoms with Crippen molar-refractivity contribution >= 4 is 21.6 Å². The van der Waals surface area contributed by atoms with E-state index in [2.05, 4.69) is 11.7 Å². The molecule has 0 atom stereocenters. The quantitative estimate of drug-likeness (QED) is 0.558. The molecule has 0 aliphatic carbocycles. The van der Waals surface area contributed by atoms with Crippen molar-refractivity contribution in [2.75, 3.05) is 0 Å². The molecule has 0 aliphatic heterocycles. The maximum absolute atomic E-state index is 9.88. The van der Waals surface area contributed by atoms with Crippen molar-refractivity contribution in [1.82, 2.24) is 0 Å². The third-order valence-corrected chi connectivity index (χ3v) is 1.57. The molecule has 0 bridgehead atoms. The molecule has 0 amide bonds. The highest BCUT2D eigenvalue weighted by molar-refractivity contribution is 7.94. The normalized spacial score (nSPS) is 11.1. The summed E-state index contributed by atoms with van der Waals surface area (Å²) in [6.45, 7) is 2.88. The highest BCUT2D eigenvalue weighted by Crippen LogP contribution is 2.00. The van der Waals surface area contributed by atoms with E-state index >= 15 is 0 Å². The predicted molar refractivity (Wildman–Crippen MR) is 28.1 cm³/mol. The Morgan fingerprint density at radius 3 is 1.86 bits per heavy atom. The topological polar surface area (TPSA) is 60.2 Å². The van der Waals surface area contributed by atoms with E-state index in [0.717, 1.165) is 0 Å². The summed E-state index contributed by atoms with van der Waals surface area (Å²) in [6, 6.07) is 0. The molecular formula is C2H4ClNO2S. The standard InChI is InChI=1S/C2H4ClNO2S/c1-2(3)7(4,5)6/h1H2,(H2,4,5,6). The van der Waals surface area contributed by atoms with E-state index in [-0.39, 0.29) is 0 Å². The summed E-state index contributed by atoms with van der Waals surface area (Å²) in [5.41, 5.74) is 0. The SMILES string of the molecule is C=C(Cl)S(N)(=O)=O. The Balaban J connectivity index is 4.43. The highest BCUT2D eigenvalue weighted by atomic mass is 35.5. The van der Waals surface area contributed by atoms with Crippen LogP contribution in [-0.4, -0.2) is 8.42 Å². The summed E-state index contributed by atoms with van der Waals surface area (Å²) in [6.07, 6.45) is 0. The maximum atomic E-state index is 9.88. The van der Waals surface area contributed by atoms with E-state index < -0.39 is 14.4 Å². The Labute approximate surface area is 46.8 Å². The smallest absolute Gasteiger partial charge is 0.224 e. The Hall–Kier alpha value is -0.0600. The molecule has 0 unspecified atom stereocenters. The van der Waals surface area contributed by atoms with Gasteiger partial charge < -0.3 is 0 Å². The largest absolute Gasteiger partial charge is 0.248 e. The molecule has 0 aliphatic rings. The van der Waals surface area contributed by atoms with Crippen LogP contribution in [0.25, 0.3) is 0 Å². The summed E-state index contributed by atoms with van der Waals surface area (Å²) < 4.78 is 19.2. The van der Waals surface area contributed by atoms with Crippen molar-refractivity contribution in [3.63, 3.8) is 0 Å². The molecule has 3 nitrogen and oxygen atoms in total. The number of rotatable bonds is 1. The van der Waals surface area contributed by atoms with Gasteiger partial charge in [0.05, 0.1) is 0 Å². The lowest BCUT2D eigenvalue weighted by atomic mass is 11.3.